The zero-order valence-electron chi connectivity index (χ0n) is 9.44. The number of nitrogens with one attached hydrogen (secondary N) is 1. The summed E-state index contributed by atoms with van der Waals surface area (Å²) in [6.07, 6.45) is -0.757. The predicted octanol–water partition coefficient (Wildman–Crippen LogP) is 0.920. The van der Waals surface area contributed by atoms with Crippen LogP contribution in [-0.4, -0.2) is 30.8 Å². The molecule has 16 heavy (non-hydrogen) atoms. The van der Waals surface area contributed by atoms with Gasteiger partial charge in [0.1, 0.15) is 6.10 Å². The van der Waals surface area contributed by atoms with E-state index in [1.54, 1.807) is 11.3 Å². The maximum Gasteiger partial charge on any atom is 0.350 e. The molecule has 0 aromatic carbocycles. The van der Waals surface area contributed by atoms with Crippen LogP contribution < -0.4 is 5.32 Å². The van der Waals surface area contributed by atoms with Crippen molar-refractivity contribution in [1.29, 1.82) is 0 Å². The van der Waals surface area contributed by atoms with E-state index in [0.29, 0.717) is 6.54 Å². The molecule has 0 saturated carbocycles. The van der Waals surface area contributed by atoms with Crippen molar-refractivity contribution in [3.05, 3.63) is 15.6 Å². The second kappa shape index (κ2) is 4.48. The Balaban J connectivity index is 2.09. The summed E-state index contributed by atoms with van der Waals surface area (Å²) in [6.45, 7) is 4.53. The molecule has 1 aromatic rings. The van der Waals surface area contributed by atoms with Gasteiger partial charge < -0.3 is 9.47 Å². The number of ether oxygens (including phenoxy) is 2. The van der Waals surface area contributed by atoms with Gasteiger partial charge >= 0.3 is 5.97 Å². The number of esters is 1. The van der Waals surface area contributed by atoms with Crippen molar-refractivity contribution >= 4 is 17.3 Å². The molecule has 0 amide bonds. The summed E-state index contributed by atoms with van der Waals surface area (Å²) in [5.41, 5.74) is 0.972. The number of hydrogen-bond acceptors (Lipinski definition) is 6. The third-order valence-electron chi connectivity index (χ3n) is 2.44. The molecular weight excluding hydrogens is 228 g/mol. The van der Waals surface area contributed by atoms with E-state index in [0.717, 1.165) is 15.6 Å². The molecule has 0 bridgehead atoms. The van der Waals surface area contributed by atoms with Gasteiger partial charge in [0.05, 0.1) is 22.7 Å². The summed E-state index contributed by atoms with van der Waals surface area (Å²) in [4.78, 5) is 16.7. The maximum atomic E-state index is 11.3. The van der Waals surface area contributed by atoms with Crippen LogP contribution in [0.15, 0.2) is 0 Å². The summed E-state index contributed by atoms with van der Waals surface area (Å²) < 4.78 is 10.2. The average molecular weight is 242 g/mol. The van der Waals surface area contributed by atoms with E-state index < -0.39 is 6.23 Å². The third-order valence-corrected chi connectivity index (χ3v) is 3.60. The molecule has 2 unspecified atom stereocenters. The Hall–Kier alpha value is -0.980. The summed E-state index contributed by atoms with van der Waals surface area (Å²) in [5, 5.41) is 3.99. The number of hydrogen-bond donors (Lipinski definition) is 1. The van der Waals surface area contributed by atoms with E-state index in [4.69, 9.17) is 4.74 Å². The Morgan fingerprint density at radius 2 is 2.38 bits per heavy atom. The summed E-state index contributed by atoms with van der Waals surface area (Å²) in [6, 6.07) is 0. The number of aryl methyl sites for hydroxylation is 2. The Bertz CT molecular complexity index is 405. The van der Waals surface area contributed by atoms with Crippen molar-refractivity contribution in [3.63, 3.8) is 0 Å². The molecular formula is C10H14N2O3S. The van der Waals surface area contributed by atoms with E-state index in [1.807, 2.05) is 13.8 Å². The van der Waals surface area contributed by atoms with Gasteiger partial charge in [-0.05, 0) is 13.8 Å². The largest absolute Gasteiger partial charge is 0.466 e. The van der Waals surface area contributed by atoms with Crippen LogP contribution in [0.5, 0.6) is 0 Å². The van der Waals surface area contributed by atoms with Crippen LogP contribution in [0, 0.1) is 13.8 Å². The monoisotopic (exact) mass is 242 g/mol. The number of thiazole rings is 1. The number of aromatic nitrogens is 1. The number of rotatable bonds is 2. The van der Waals surface area contributed by atoms with Gasteiger partial charge in [-0.2, -0.15) is 0 Å². The second-order valence-corrected chi connectivity index (χ2v) is 4.85. The number of carbonyl (C=O) groups is 1. The van der Waals surface area contributed by atoms with Crippen LogP contribution in [0.1, 0.15) is 21.7 Å². The first kappa shape index (κ1) is 11.5. The standard InChI is InChI=1S/C10H14N2O3S/c1-5-8(16-6(2)12-5)7-4-11-9(15-7)10(13)14-3/h7,9,11H,4H2,1-3H3. The van der Waals surface area contributed by atoms with Crippen LogP contribution in [0.4, 0.5) is 0 Å². The molecule has 1 aromatic heterocycles. The highest BCUT2D eigenvalue weighted by Crippen LogP contribution is 2.30. The Kier molecular flexibility index (Phi) is 3.22. The van der Waals surface area contributed by atoms with Gasteiger partial charge in [-0.25, -0.2) is 9.78 Å². The van der Waals surface area contributed by atoms with Gasteiger partial charge in [-0.15, -0.1) is 11.3 Å². The molecule has 0 aliphatic carbocycles. The van der Waals surface area contributed by atoms with Crippen LogP contribution in [-0.2, 0) is 14.3 Å². The van der Waals surface area contributed by atoms with Crippen molar-refractivity contribution in [1.82, 2.24) is 10.3 Å². The molecule has 0 spiro atoms. The second-order valence-electron chi connectivity index (χ2n) is 3.62. The van der Waals surface area contributed by atoms with Crippen LogP contribution in [0.2, 0.25) is 0 Å². The lowest BCUT2D eigenvalue weighted by atomic mass is 10.2. The highest BCUT2D eigenvalue weighted by molar-refractivity contribution is 7.11. The highest BCUT2D eigenvalue weighted by Gasteiger charge is 2.33. The third kappa shape index (κ3) is 2.09. The van der Waals surface area contributed by atoms with E-state index in [-0.39, 0.29) is 12.1 Å². The summed E-state index contributed by atoms with van der Waals surface area (Å²) >= 11 is 1.60. The minimum atomic E-state index is -0.656. The van der Waals surface area contributed by atoms with E-state index in [9.17, 15) is 4.79 Å². The zero-order chi connectivity index (χ0) is 11.7. The molecule has 0 radical (unpaired) electrons. The number of nitrogens with zero attached hydrogens (tertiary/aromatic N) is 1. The fraction of sp³-hybridized carbons (Fsp3) is 0.600. The minimum absolute atomic E-state index is 0.102. The SMILES string of the molecule is COC(=O)C1NCC(c2sc(C)nc2C)O1. The van der Waals surface area contributed by atoms with Crippen molar-refractivity contribution in [2.45, 2.75) is 26.2 Å². The lowest BCUT2D eigenvalue weighted by molar-refractivity contribution is -0.154. The lowest BCUT2D eigenvalue weighted by Crippen LogP contribution is -2.32. The van der Waals surface area contributed by atoms with Crippen LogP contribution in [0.3, 0.4) is 0 Å². The van der Waals surface area contributed by atoms with Gasteiger partial charge in [0.25, 0.3) is 0 Å². The molecule has 1 aliphatic rings. The first-order chi connectivity index (χ1) is 7.61. The van der Waals surface area contributed by atoms with Crippen LogP contribution in [0.25, 0.3) is 0 Å². The molecule has 2 rings (SSSR count). The van der Waals surface area contributed by atoms with Gasteiger partial charge in [-0.1, -0.05) is 0 Å². The van der Waals surface area contributed by atoms with Gasteiger partial charge in [0.2, 0.25) is 6.23 Å². The topological polar surface area (TPSA) is 60.5 Å². The fourth-order valence-corrected chi connectivity index (χ4v) is 2.69. The van der Waals surface area contributed by atoms with Gasteiger partial charge in [-0.3, -0.25) is 5.32 Å². The molecule has 1 aliphatic heterocycles. The van der Waals surface area contributed by atoms with Gasteiger partial charge in [0.15, 0.2) is 0 Å². The summed E-state index contributed by atoms with van der Waals surface area (Å²) in [7, 11) is 1.35. The fourth-order valence-electron chi connectivity index (χ4n) is 1.72. The first-order valence-corrected chi connectivity index (χ1v) is 5.84. The molecule has 1 N–H and O–H groups in total. The molecule has 88 valence electrons. The molecule has 1 saturated heterocycles. The lowest BCUT2D eigenvalue weighted by Gasteiger charge is -2.09. The quantitative estimate of drug-likeness (QED) is 0.781. The van der Waals surface area contributed by atoms with E-state index in [1.165, 1.54) is 7.11 Å². The van der Waals surface area contributed by atoms with E-state index >= 15 is 0 Å². The van der Waals surface area contributed by atoms with Crippen LogP contribution >= 0.6 is 11.3 Å². The number of methoxy groups -OCH3 is 1. The average Bonchev–Trinajstić information content (AvgIpc) is 2.83. The predicted molar refractivity (Wildman–Crippen MR) is 59.2 cm³/mol. The molecule has 2 atom stereocenters. The first-order valence-electron chi connectivity index (χ1n) is 5.02. The van der Waals surface area contributed by atoms with Crippen molar-refractivity contribution < 1.29 is 14.3 Å². The maximum absolute atomic E-state index is 11.3. The molecule has 2 heterocycles. The molecule has 5 nitrogen and oxygen atoms in total. The van der Waals surface area contributed by atoms with Gasteiger partial charge in [0, 0.05) is 6.54 Å². The Morgan fingerprint density at radius 3 is 2.94 bits per heavy atom. The summed E-state index contributed by atoms with van der Waals surface area (Å²) in [5.74, 6) is -0.388. The Morgan fingerprint density at radius 1 is 1.62 bits per heavy atom. The van der Waals surface area contributed by atoms with Crippen molar-refractivity contribution in [2.24, 2.45) is 0 Å². The highest BCUT2D eigenvalue weighted by atomic mass is 32.1. The normalized spacial score (nSPS) is 24.7. The smallest absolute Gasteiger partial charge is 0.350 e. The minimum Gasteiger partial charge on any atom is -0.466 e. The Labute approximate surface area is 97.8 Å². The molecule has 1 fully saturated rings. The number of carbonyl (C=O) groups excluding carboxylic acids is 1. The molecule has 6 heteroatoms. The van der Waals surface area contributed by atoms with E-state index in [2.05, 4.69) is 15.0 Å². The zero-order valence-corrected chi connectivity index (χ0v) is 10.3. The van der Waals surface area contributed by atoms with Crippen molar-refractivity contribution in [2.75, 3.05) is 13.7 Å². The van der Waals surface area contributed by atoms with Crippen molar-refractivity contribution in [3.8, 4) is 0 Å².